The van der Waals surface area contributed by atoms with Crippen molar-refractivity contribution in [2.24, 2.45) is 17.8 Å². The van der Waals surface area contributed by atoms with Crippen molar-refractivity contribution in [2.75, 3.05) is 19.8 Å². The fourth-order valence-corrected chi connectivity index (χ4v) is 6.86. The van der Waals surface area contributed by atoms with Gasteiger partial charge in [0.25, 0.3) is 11.7 Å². The van der Waals surface area contributed by atoms with Gasteiger partial charge >= 0.3 is 6.18 Å². The Morgan fingerprint density at radius 2 is 1.87 bits per heavy atom. The number of carbonyl (C=O) groups excluding carboxylic acids is 2. The number of rotatable bonds is 8. The van der Waals surface area contributed by atoms with E-state index in [0.717, 1.165) is 0 Å². The second kappa shape index (κ2) is 13.0. The molecule has 3 unspecified atom stereocenters. The molecule has 2 N–H and O–H groups in total. The van der Waals surface area contributed by atoms with Gasteiger partial charge in [-0.05, 0) is 51.9 Å². The zero-order valence-electron chi connectivity index (χ0n) is 26.1. The summed E-state index contributed by atoms with van der Waals surface area (Å²) >= 11 is 0. The number of aromatic nitrogens is 7. The van der Waals surface area contributed by atoms with Crippen LogP contribution in [0.25, 0.3) is 5.78 Å². The summed E-state index contributed by atoms with van der Waals surface area (Å²) in [6, 6.07) is -0.945. The molecule has 0 bridgehead atoms. The molecule has 256 valence electrons. The molecule has 47 heavy (non-hydrogen) atoms. The Bertz CT molecular complexity index is 1590. The second-order valence-corrected chi connectivity index (χ2v) is 13.1. The van der Waals surface area contributed by atoms with E-state index in [1.807, 2.05) is 13.8 Å². The SMILES string of the molecule is CC(C)n1ncnc1C(=O)NC(c1cn2nc(CC3CC(C(F)(F)F)CNC3=O)c(C3CCOCC3)nc2n1)C1CCC(F)(F)CC1. The normalized spacial score (nSPS) is 23.6. The molecule has 2 amide bonds. The van der Waals surface area contributed by atoms with Crippen molar-refractivity contribution in [2.45, 2.75) is 95.3 Å². The summed E-state index contributed by atoms with van der Waals surface area (Å²) in [4.78, 5) is 39.8. The molecule has 1 saturated carbocycles. The Morgan fingerprint density at radius 3 is 2.55 bits per heavy atom. The molecule has 2 aliphatic heterocycles. The molecule has 5 heterocycles. The van der Waals surface area contributed by atoms with Crippen molar-refractivity contribution < 1.29 is 36.3 Å². The van der Waals surface area contributed by atoms with Crippen LogP contribution in [0.1, 0.15) is 104 Å². The lowest BCUT2D eigenvalue weighted by molar-refractivity contribution is -0.183. The van der Waals surface area contributed by atoms with E-state index < -0.39 is 48.3 Å². The monoisotopic (exact) mass is 667 g/mol. The first-order valence-corrected chi connectivity index (χ1v) is 16.1. The fourth-order valence-electron chi connectivity index (χ4n) is 6.86. The Kier molecular flexibility index (Phi) is 9.19. The van der Waals surface area contributed by atoms with Crippen molar-refractivity contribution >= 4 is 17.6 Å². The van der Waals surface area contributed by atoms with Gasteiger partial charge in [-0.25, -0.2) is 32.9 Å². The molecule has 3 atom stereocenters. The molecule has 6 rings (SSSR count). The molecule has 0 radical (unpaired) electrons. The van der Waals surface area contributed by atoms with Crippen LogP contribution in [0.15, 0.2) is 12.5 Å². The number of ether oxygens (including phenoxy) is 1. The second-order valence-electron chi connectivity index (χ2n) is 13.1. The first-order valence-electron chi connectivity index (χ1n) is 16.1. The van der Waals surface area contributed by atoms with E-state index in [2.05, 4.69) is 20.7 Å². The van der Waals surface area contributed by atoms with Crippen molar-refractivity contribution in [1.29, 1.82) is 0 Å². The number of piperidine rings is 1. The predicted octanol–water partition coefficient (Wildman–Crippen LogP) is 4.34. The van der Waals surface area contributed by atoms with Gasteiger partial charge in [-0.15, -0.1) is 0 Å². The topological polar surface area (TPSA) is 141 Å². The van der Waals surface area contributed by atoms with Crippen LogP contribution in [0.3, 0.4) is 0 Å². The third kappa shape index (κ3) is 7.23. The van der Waals surface area contributed by atoms with E-state index in [0.29, 0.717) is 43.1 Å². The van der Waals surface area contributed by atoms with Gasteiger partial charge in [-0.2, -0.15) is 23.4 Å². The first-order chi connectivity index (χ1) is 22.3. The highest BCUT2D eigenvalue weighted by atomic mass is 19.4. The summed E-state index contributed by atoms with van der Waals surface area (Å²) in [6.07, 6.45) is -1.21. The van der Waals surface area contributed by atoms with Crippen LogP contribution in [0.2, 0.25) is 0 Å². The van der Waals surface area contributed by atoms with Crippen LogP contribution in [0.4, 0.5) is 22.0 Å². The number of carbonyl (C=O) groups is 2. The molecule has 17 heteroatoms. The van der Waals surface area contributed by atoms with Crippen molar-refractivity contribution in [3.05, 3.63) is 35.4 Å². The van der Waals surface area contributed by atoms with Crippen LogP contribution in [0.5, 0.6) is 0 Å². The Balaban J connectivity index is 1.36. The van der Waals surface area contributed by atoms with Gasteiger partial charge in [0.1, 0.15) is 6.33 Å². The van der Waals surface area contributed by atoms with E-state index in [9.17, 15) is 31.5 Å². The highest BCUT2D eigenvalue weighted by Crippen LogP contribution is 2.42. The van der Waals surface area contributed by atoms with Gasteiger partial charge in [0.05, 0.1) is 35.2 Å². The summed E-state index contributed by atoms with van der Waals surface area (Å²) in [5, 5.41) is 14.2. The maximum Gasteiger partial charge on any atom is 0.393 e. The van der Waals surface area contributed by atoms with Crippen LogP contribution in [-0.2, 0) is 16.0 Å². The van der Waals surface area contributed by atoms with Crippen LogP contribution in [0, 0.1) is 17.8 Å². The standard InChI is InChI=1S/C30H38F5N9O3/c1-16(2)44-25(37-15-38-44)27(46)40-24(17-3-7-29(31,32)8-4-17)22-14-43-28(39-22)41-23(18-5-9-47-10-6-18)21(42-43)12-19-11-20(30(33,34)35)13-36-26(19)45/h14-20,24H,3-13H2,1-2H3,(H,36,45)(H,40,46). The molecule has 0 aromatic carbocycles. The molecular formula is C30H38F5N9O3. The Morgan fingerprint density at radius 1 is 1.15 bits per heavy atom. The predicted molar refractivity (Wildman–Crippen MR) is 155 cm³/mol. The Labute approximate surface area is 267 Å². The maximum absolute atomic E-state index is 14.2. The number of halogens is 5. The summed E-state index contributed by atoms with van der Waals surface area (Å²) in [6.45, 7) is 4.17. The van der Waals surface area contributed by atoms with Crippen LogP contribution >= 0.6 is 0 Å². The first kappa shape index (κ1) is 33.2. The lowest BCUT2D eigenvalue weighted by Gasteiger charge is -2.33. The average molecular weight is 668 g/mol. The van der Waals surface area contributed by atoms with Gasteiger partial charge in [0.2, 0.25) is 17.7 Å². The molecule has 3 fully saturated rings. The van der Waals surface area contributed by atoms with Crippen molar-refractivity contribution in [3.8, 4) is 0 Å². The third-order valence-electron chi connectivity index (χ3n) is 9.51. The number of amides is 2. The minimum absolute atomic E-state index is 0.0513. The van der Waals surface area contributed by atoms with Gasteiger partial charge in [0, 0.05) is 56.9 Å². The molecule has 3 aliphatic rings. The number of nitrogens with zero attached hydrogens (tertiary/aromatic N) is 7. The number of hydrogen-bond donors (Lipinski definition) is 2. The molecule has 3 aromatic rings. The summed E-state index contributed by atoms with van der Waals surface area (Å²) in [5.74, 6) is -6.66. The maximum atomic E-state index is 14.2. The number of imidazole rings is 1. The quantitative estimate of drug-likeness (QED) is 0.338. The van der Waals surface area contributed by atoms with Crippen molar-refractivity contribution in [3.63, 3.8) is 0 Å². The third-order valence-corrected chi connectivity index (χ3v) is 9.51. The number of fused-ring (bicyclic) bond motifs is 1. The minimum atomic E-state index is -4.45. The van der Waals surface area contributed by atoms with Gasteiger partial charge < -0.3 is 15.4 Å². The lowest BCUT2D eigenvalue weighted by atomic mass is 9.81. The molecule has 1 aliphatic carbocycles. The summed E-state index contributed by atoms with van der Waals surface area (Å²) < 4.78 is 77.5. The zero-order chi connectivity index (χ0) is 33.5. The molecule has 0 spiro atoms. The highest BCUT2D eigenvalue weighted by molar-refractivity contribution is 5.91. The number of hydrogen-bond acceptors (Lipinski definition) is 8. The summed E-state index contributed by atoms with van der Waals surface area (Å²) in [7, 11) is 0. The van der Waals surface area contributed by atoms with Gasteiger partial charge in [0.15, 0.2) is 0 Å². The fraction of sp³-hybridized carbons (Fsp3) is 0.700. The largest absolute Gasteiger partial charge is 0.393 e. The number of alkyl halides is 5. The van der Waals surface area contributed by atoms with Crippen molar-refractivity contribution in [1.82, 2.24) is 45.0 Å². The lowest BCUT2D eigenvalue weighted by Crippen LogP contribution is -2.47. The van der Waals surface area contributed by atoms with E-state index in [1.54, 1.807) is 6.20 Å². The van der Waals surface area contributed by atoms with Gasteiger partial charge in [-0.1, -0.05) is 0 Å². The molecule has 3 aromatic heterocycles. The van der Waals surface area contributed by atoms with Gasteiger partial charge in [-0.3, -0.25) is 9.59 Å². The van der Waals surface area contributed by atoms with E-state index in [4.69, 9.17) is 19.8 Å². The zero-order valence-corrected chi connectivity index (χ0v) is 26.1. The highest BCUT2D eigenvalue weighted by Gasteiger charge is 2.45. The molecule has 12 nitrogen and oxygen atoms in total. The smallest absolute Gasteiger partial charge is 0.381 e. The minimum Gasteiger partial charge on any atom is -0.381 e. The van der Waals surface area contributed by atoms with E-state index >= 15 is 0 Å². The molecular weight excluding hydrogens is 629 g/mol. The van der Waals surface area contributed by atoms with E-state index in [1.165, 1.54) is 15.5 Å². The number of nitrogens with one attached hydrogen (secondary N) is 2. The Hall–Kier alpha value is -3.76. The van der Waals surface area contributed by atoms with Crippen LogP contribution < -0.4 is 10.6 Å². The van der Waals surface area contributed by atoms with Crippen LogP contribution in [-0.4, -0.2) is 78.0 Å². The average Bonchev–Trinajstić information content (AvgIpc) is 3.68. The van der Waals surface area contributed by atoms with E-state index in [-0.39, 0.29) is 68.0 Å². The molecule has 2 saturated heterocycles. The summed E-state index contributed by atoms with van der Waals surface area (Å²) in [5.41, 5.74) is 1.29.